The summed E-state index contributed by atoms with van der Waals surface area (Å²) in [6.45, 7) is 1.50. The Labute approximate surface area is 165 Å². The van der Waals surface area contributed by atoms with Gasteiger partial charge in [-0.1, -0.05) is 19.8 Å². The van der Waals surface area contributed by atoms with Gasteiger partial charge in [-0.25, -0.2) is 4.79 Å². The van der Waals surface area contributed by atoms with E-state index in [0.717, 1.165) is 35.9 Å². The number of halogens is 3. The Morgan fingerprint density at radius 2 is 1.97 bits per heavy atom. The summed E-state index contributed by atoms with van der Waals surface area (Å²) < 4.78 is 44.5. The normalized spacial score (nSPS) is 18.3. The minimum atomic E-state index is -4.59. The first-order valence-electron chi connectivity index (χ1n) is 9.44. The Hall–Kier alpha value is -2.78. The van der Waals surface area contributed by atoms with E-state index in [-0.39, 0.29) is 18.0 Å². The first-order chi connectivity index (χ1) is 13.7. The number of nitrogens with zero attached hydrogens (tertiary/aromatic N) is 1. The number of alkyl halides is 3. The standard InChI is InChI=1S/C19H22F3N3O4/c1-2-9-29-14-6-5-12(19(20,21)22)10-13(14)23-15(26)11-25-16(27)18(24-17(25)28)7-3-4-8-18/h5-6,10H,2-4,7-9,11H2,1H3,(H,23,26)(H,24,28). The van der Waals surface area contributed by atoms with Gasteiger partial charge in [0.2, 0.25) is 5.91 Å². The molecular formula is C19H22F3N3O4. The molecule has 2 N–H and O–H groups in total. The molecule has 1 aliphatic heterocycles. The largest absolute Gasteiger partial charge is 0.491 e. The highest BCUT2D eigenvalue weighted by atomic mass is 19.4. The van der Waals surface area contributed by atoms with Gasteiger partial charge in [-0.3, -0.25) is 14.5 Å². The zero-order valence-electron chi connectivity index (χ0n) is 15.9. The number of hydrogen-bond donors (Lipinski definition) is 2. The fourth-order valence-electron chi connectivity index (χ4n) is 3.61. The Bertz CT molecular complexity index is 819. The third-order valence-electron chi connectivity index (χ3n) is 5.05. The summed E-state index contributed by atoms with van der Waals surface area (Å²) in [5.74, 6) is -1.18. The van der Waals surface area contributed by atoms with E-state index in [1.807, 2.05) is 6.92 Å². The van der Waals surface area contributed by atoms with Crippen molar-refractivity contribution in [2.45, 2.75) is 50.7 Å². The van der Waals surface area contributed by atoms with Crippen molar-refractivity contribution in [1.29, 1.82) is 0 Å². The lowest BCUT2D eigenvalue weighted by Crippen LogP contribution is -2.44. The van der Waals surface area contributed by atoms with Gasteiger partial charge >= 0.3 is 12.2 Å². The van der Waals surface area contributed by atoms with Gasteiger partial charge in [0.05, 0.1) is 17.9 Å². The van der Waals surface area contributed by atoms with Crippen molar-refractivity contribution in [3.63, 3.8) is 0 Å². The lowest BCUT2D eigenvalue weighted by Gasteiger charge is -2.20. The summed E-state index contributed by atoms with van der Waals surface area (Å²) in [7, 11) is 0. The molecule has 2 fully saturated rings. The van der Waals surface area contributed by atoms with Crippen molar-refractivity contribution in [3.05, 3.63) is 23.8 Å². The van der Waals surface area contributed by atoms with Crippen molar-refractivity contribution >= 4 is 23.5 Å². The van der Waals surface area contributed by atoms with Crippen LogP contribution in [-0.4, -0.2) is 41.4 Å². The summed E-state index contributed by atoms with van der Waals surface area (Å²) in [4.78, 5) is 38.0. The SMILES string of the molecule is CCCOc1ccc(C(F)(F)F)cc1NC(=O)CN1C(=O)NC2(CCCC2)C1=O. The summed E-state index contributed by atoms with van der Waals surface area (Å²) in [5, 5.41) is 4.99. The van der Waals surface area contributed by atoms with Crippen LogP contribution in [0.15, 0.2) is 18.2 Å². The van der Waals surface area contributed by atoms with Gasteiger partial charge in [0.1, 0.15) is 17.8 Å². The number of anilines is 1. The van der Waals surface area contributed by atoms with Gasteiger partial charge in [-0.2, -0.15) is 13.2 Å². The maximum atomic E-state index is 13.0. The molecule has 1 saturated carbocycles. The predicted octanol–water partition coefficient (Wildman–Crippen LogP) is 3.30. The summed E-state index contributed by atoms with van der Waals surface area (Å²) >= 11 is 0. The van der Waals surface area contributed by atoms with E-state index >= 15 is 0 Å². The smallest absolute Gasteiger partial charge is 0.416 e. The van der Waals surface area contributed by atoms with Crippen LogP contribution in [-0.2, 0) is 15.8 Å². The average molecular weight is 413 g/mol. The third-order valence-corrected chi connectivity index (χ3v) is 5.05. The molecule has 7 nitrogen and oxygen atoms in total. The van der Waals surface area contributed by atoms with Gasteiger partial charge in [0.25, 0.3) is 5.91 Å². The number of carbonyl (C=O) groups excluding carboxylic acids is 3. The van der Waals surface area contributed by atoms with Gasteiger partial charge in [0, 0.05) is 0 Å². The molecule has 1 saturated heterocycles. The Kier molecular flexibility index (Phi) is 5.72. The lowest BCUT2D eigenvalue weighted by atomic mass is 9.98. The molecule has 0 unspecified atom stereocenters. The maximum Gasteiger partial charge on any atom is 0.416 e. The first kappa shape index (κ1) is 20.9. The number of amides is 4. The molecule has 29 heavy (non-hydrogen) atoms. The van der Waals surface area contributed by atoms with Crippen LogP contribution in [0.1, 0.15) is 44.6 Å². The van der Waals surface area contributed by atoms with Crippen LogP contribution >= 0.6 is 0 Å². The number of urea groups is 1. The molecule has 1 aromatic carbocycles. The minimum Gasteiger partial charge on any atom is -0.491 e. The quantitative estimate of drug-likeness (QED) is 0.701. The zero-order valence-corrected chi connectivity index (χ0v) is 15.9. The van der Waals surface area contributed by atoms with E-state index in [4.69, 9.17) is 4.74 Å². The number of carbonyl (C=O) groups is 3. The van der Waals surface area contributed by atoms with Gasteiger partial charge < -0.3 is 15.4 Å². The molecule has 0 atom stereocenters. The zero-order chi connectivity index (χ0) is 21.2. The van der Waals surface area contributed by atoms with Crippen molar-refractivity contribution in [2.24, 2.45) is 0 Å². The number of benzene rings is 1. The van der Waals surface area contributed by atoms with Gasteiger partial charge in [0.15, 0.2) is 0 Å². The molecule has 1 spiro atoms. The van der Waals surface area contributed by atoms with Crippen LogP contribution in [0.4, 0.5) is 23.7 Å². The average Bonchev–Trinajstić information content (AvgIpc) is 3.21. The van der Waals surface area contributed by atoms with Crippen molar-refractivity contribution in [2.75, 3.05) is 18.5 Å². The monoisotopic (exact) mass is 413 g/mol. The molecule has 1 aromatic rings. The van der Waals surface area contributed by atoms with E-state index in [1.165, 1.54) is 0 Å². The second-order valence-corrected chi connectivity index (χ2v) is 7.22. The van der Waals surface area contributed by atoms with E-state index < -0.39 is 41.7 Å². The highest BCUT2D eigenvalue weighted by molar-refractivity contribution is 6.10. The summed E-state index contributed by atoms with van der Waals surface area (Å²) in [6.07, 6.45) is -1.35. The first-order valence-corrected chi connectivity index (χ1v) is 9.44. The fraction of sp³-hybridized carbons (Fsp3) is 0.526. The number of imide groups is 1. The van der Waals surface area contributed by atoms with Crippen LogP contribution in [0.3, 0.4) is 0 Å². The number of ether oxygens (including phenoxy) is 1. The molecule has 0 radical (unpaired) electrons. The van der Waals surface area contributed by atoms with Crippen LogP contribution < -0.4 is 15.4 Å². The lowest BCUT2D eigenvalue weighted by molar-refractivity contribution is -0.137. The molecular weight excluding hydrogens is 391 g/mol. The third kappa shape index (κ3) is 4.30. The number of hydrogen-bond acceptors (Lipinski definition) is 4. The maximum absolute atomic E-state index is 13.0. The van der Waals surface area contributed by atoms with E-state index in [2.05, 4.69) is 10.6 Å². The van der Waals surface area contributed by atoms with Gasteiger partial charge in [-0.15, -0.1) is 0 Å². The van der Waals surface area contributed by atoms with E-state index in [9.17, 15) is 27.6 Å². The molecule has 1 heterocycles. The van der Waals surface area contributed by atoms with Crippen LogP contribution in [0.25, 0.3) is 0 Å². The topological polar surface area (TPSA) is 87.7 Å². The molecule has 3 rings (SSSR count). The molecule has 158 valence electrons. The summed E-state index contributed by atoms with van der Waals surface area (Å²) in [6, 6.07) is 2.10. The second kappa shape index (κ2) is 7.92. The molecule has 10 heteroatoms. The molecule has 2 aliphatic rings. The van der Waals surface area contributed by atoms with E-state index in [1.54, 1.807) is 0 Å². The van der Waals surface area contributed by atoms with Crippen molar-refractivity contribution in [3.8, 4) is 5.75 Å². The second-order valence-electron chi connectivity index (χ2n) is 7.22. The van der Waals surface area contributed by atoms with Gasteiger partial charge in [-0.05, 0) is 37.5 Å². The molecule has 0 bridgehead atoms. The Morgan fingerprint density at radius 3 is 2.59 bits per heavy atom. The Balaban J connectivity index is 1.75. The minimum absolute atomic E-state index is 0.0812. The molecule has 0 aromatic heterocycles. The van der Waals surface area contributed by atoms with Crippen LogP contribution in [0.2, 0.25) is 0 Å². The predicted molar refractivity (Wildman–Crippen MR) is 97.3 cm³/mol. The molecule has 1 aliphatic carbocycles. The van der Waals surface area contributed by atoms with Crippen molar-refractivity contribution in [1.82, 2.24) is 10.2 Å². The fourth-order valence-corrected chi connectivity index (χ4v) is 3.61. The van der Waals surface area contributed by atoms with Crippen LogP contribution in [0, 0.1) is 0 Å². The van der Waals surface area contributed by atoms with Crippen molar-refractivity contribution < 1.29 is 32.3 Å². The number of rotatable bonds is 6. The Morgan fingerprint density at radius 1 is 1.28 bits per heavy atom. The number of nitrogens with one attached hydrogen (secondary N) is 2. The highest BCUT2D eigenvalue weighted by Gasteiger charge is 2.52. The summed E-state index contributed by atoms with van der Waals surface area (Å²) in [5.41, 5.74) is -2.07. The highest BCUT2D eigenvalue weighted by Crippen LogP contribution is 2.36. The van der Waals surface area contributed by atoms with E-state index in [0.29, 0.717) is 19.3 Å². The molecule has 4 amide bonds. The van der Waals surface area contributed by atoms with Crippen LogP contribution in [0.5, 0.6) is 5.75 Å².